The van der Waals surface area contributed by atoms with Crippen molar-refractivity contribution in [2.24, 2.45) is 0 Å². The van der Waals surface area contributed by atoms with Gasteiger partial charge in [0.2, 0.25) is 18.2 Å². The summed E-state index contributed by atoms with van der Waals surface area (Å²) in [5.74, 6) is -0.883. The van der Waals surface area contributed by atoms with Gasteiger partial charge in [0, 0.05) is 38.8 Å². The van der Waals surface area contributed by atoms with Crippen molar-refractivity contribution in [3.05, 3.63) is 29.8 Å². The minimum atomic E-state index is -0.433. The third kappa shape index (κ3) is 4.81. The number of piperazine rings is 1. The number of rotatable bonds is 6. The Bertz CT molecular complexity index is 666. The molecule has 1 aliphatic rings. The summed E-state index contributed by atoms with van der Waals surface area (Å²) in [6.07, 6.45) is 0.773. The van der Waals surface area contributed by atoms with Crippen molar-refractivity contribution in [1.82, 2.24) is 9.80 Å². The normalized spacial score (nSPS) is 13.9. The Hall–Kier alpha value is -2.90. The predicted molar refractivity (Wildman–Crippen MR) is 94.6 cm³/mol. The lowest BCUT2D eigenvalue weighted by molar-refractivity contribution is -0.134. The van der Waals surface area contributed by atoms with Gasteiger partial charge in [0.1, 0.15) is 6.54 Å². The second kappa shape index (κ2) is 8.98. The fourth-order valence-electron chi connectivity index (χ4n) is 2.69. The van der Waals surface area contributed by atoms with Crippen molar-refractivity contribution >= 4 is 29.9 Å². The summed E-state index contributed by atoms with van der Waals surface area (Å²) < 4.78 is 4.93. The molecule has 0 aromatic heterocycles. The van der Waals surface area contributed by atoms with Crippen molar-refractivity contribution in [2.45, 2.75) is 13.8 Å². The Labute approximate surface area is 152 Å². The molecule has 0 N–H and O–H groups in total. The fourth-order valence-corrected chi connectivity index (χ4v) is 2.69. The predicted octanol–water partition coefficient (Wildman–Crippen LogP) is 0.517. The number of amides is 3. The van der Waals surface area contributed by atoms with Crippen molar-refractivity contribution in [2.75, 3.05) is 44.2 Å². The number of esters is 1. The van der Waals surface area contributed by atoms with Gasteiger partial charge in [-0.2, -0.15) is 0 Å². The van der Waals surface area contributed by atoms with Crippen LogP contribution >= 0.6 is 0 Å². The summed E-state index contributed by atoms with van der Waals surface area (Å²) in [6, 6.07) is 6.36. The van der Waals surface area contributed by atoms with Crippen LogP contribution in [-0.2, 0) is 19.1 Å². The first-order valence-corrected chi connectivity index (χ1v) is 8.48. The molecule has 8 heteroatoms. The highest BCUT2D eigenvalue weighted by atomic mass is 16.5. The van der Waals surface area contributed by atoms with Crippen LogP contribution < -0.4 is 4.90 Å². The average molecular weight is 361 g/mol. The van der Waals surface area contributed by atoms with E-state index in [9.17, 15) is 19.2 Å². The number of carbonyl (C=O) groups excluding carboxylic acids is 4. The Morgan fingerprint density at radius 3 is 2.23 bits per heavy atom. The number of benzene rings is 1. The van der Waals surface area contributed by atoms with E-state index in [1.807, 2.05) is 0 Å². The van der Waals surface area contributed by atoms with E-state index in [2.05, 4.69) is 0 Å². The van der Waals surface area contributed by atoms with Crippen LogP contribution in [0, 0.1) is 0 Å². The third-order valence-corrected chi connectivity index (χ3v) is 4.18. The van der Waals surface area contributed by atoms with Crippen molar-refractivity contribution in [1.29, 1.82) is 0 Å². The zero-order chi connectivity index (χ0) is 19.1. The molecule has 1 fully saturated rings. The zero-order valence-electron chi connectivity index (χ0n) is 15.0. The molecule has 0 atom stereocenters. The number of hydrogen-bond acceptors (Lipinski definition) is 5. The lowest BCUT2D eigenvalue weighted by atomic mass is 10.2. The van der Waals surface area contributed by atoms with E-state index in [4.69, 9.17) is 4.74 Å². The first-order valence-electron chi connectivity index (χ1n) is 8.48. The number of carbonyl (C=O) groups is 4. The molecule has 0 unspecified atom stereocenters. The van der Waals surface area contributed by atoms with E-state index in [0.717, 1.165) is 6.41 Å². The summed E-state index contributed by atoms with van der Waals surface area (Å²) in [5.41, 5.74) is 0.917. The molecule has 0 bridgehead atoms. The Morgan fingerprint density at radius 2 is 1.73 bits per heavy atom. The molecule has 0 spiro atoms. The van der Waals surface area contributed by atoms with Crippen LogP contribution in [0.3, 0.4) is 0 Å². The molecule has 26 heavy (non-hydrogen) atoms. The molecule has 0 aliphatic carbocycles. The Kier molecular flexibility index (Phi) is 6.71. The monoisotopic (exact) mass is 361 g/mol. The van der Waals surface area contributed by atoms with Crippen LogP contribution in [0.1, 0.15) is 24.2 Å². The molecule has 1 saturated heterocycles. The van der Waals surface area contributed by atoms with Gasteiger partial charge in [-0.25, -0.2) is 4.79 Å². The highest BCUT2D eigenvalue weighted by molar-refractivity contribution is 5.98. The topological polar surface area (TPSA) is 87.2 Å². The minimum absolute atomic E-state index is 0.0881. The molecular weight excluding hydrogens is 338 g/mol. The molecule has 1 heterocycles. The Balaban J connectivity index is 2.04. The van der Waals surface area contributed by atoms with Gasteiger partial charge in [0.05, 0.1) is 12.2 Å². The lowest BCUT2D eigenvalue weighted by Crippen LogP contribution is -2.51. The second-order valence-corrected chi connectivity index (χ2v) is 5.89. The maximum Gasteiger partial charge on any atom is 0.338 e. The SMILES string of the molecule is CCOC(=O)c1ccc(N(CC(=O)N2CCN(C=O)CC2)C(C)=O)cc1. The van der Waals surface area contributed by atoms with Crippen molar-refractivity contribution in [3.8, 4) is 0 Å². The summed E-state index contributed by atoms with van der Waals surface area (Å²) in [5, 5.41) is 0. The van der Waals surface area contributed by atoms with E-state index in [1.54, 1.807) is 41.0 Å². The lowest BCUT2D eigenvalue weighted by Gasteiger charge is -2.34. The zero-order valence-corrected chi connectivity index (χ0v) is 15.0. The number of ether oxygens (including phenoxy) is 1. The van der Waals surface area contributed by atoms with E-state index >= 15 is 0 Å². The minimum Gasteiger partial charge on any atom is -0.462 e. The Morgan fingerprint density at radius 1 is 1.12 bits per heavy atom. The van der Waals surface area contributed by atoms with E-state index in [1.165, 1.54) is 11.8 Å². The van der Waals surface area contributed by atoms with Gasteiger partial charge in [-0.05, 0) is 31.2 Å². The third-order valence-electron chi connectivity index (χ3n) is 4.18. The first-order chi connectivity index (χ1) is 12.5. The molecule has 0 saturated carbocycles. The molecule has 2 rings (SSSR count). The molecule has 0 radical (unpaired) electrons. The van der Waals surface area contributed by atoms with Crippen LogP contribution in [0.25, 0.3) is 0 Å². The standard InChI is InChI=1S/C18H23N3O5/c1-3-26-18(25)15-4-6-16(7-5-15)21(14(2)23)12-17(24)20-10-8-19(13-22)9-11-20/h4-7,13H,3,8-12H2,1-2H3. The second-order valence-electron chi connectivity index (χ2n) is 5.89. The van der Waals surface area contributed by atoms with E-state index in [0.29, 0.717) is 37.4 Å². The molecule has 140 valence electrons. The maximum atomic E-state index is 12.5. The summed E-state index contributed by atoms with van der Waals surface area (Å²) in [6.45, 7) is 5.19. The molecule has 1 aliphatic heterocycles. The van der Waals surface area contributed by atoms with E-state index < -0.39 is 5.97 Å². The van der Waals surface area contributed by atoms with Crippen molar-refractivity contribution in [3.63, 3.8) is 0 Å². The highest BCUT2D eigenvalue weighted by Gasteiger charge is 2.24. The van der Waals surface area contributed by atoms with Crippen LogP contribution in [-0.4, -0.2) is 73.3 Å². The quantitative estimate of drug-likeness (QED) is 0.544. The summed E-state index contributed by atoms with van der Waals surface area (Å²) >= 11 is 0. The van der Waals surface area contributed by atoms with Gasteiger partial charge in [-0.1, -0.05) is 0 Å². The number of anilines is 1. The molecule has 1 aromatic rings. The van der Waals surface area contributed by atoms with Crippen LogP contribution in [0.15, 0.2) is 24.3 Å². The fraction of sp³-hybridized carbons (Fsp3) is 0.444. The van der Waals surface area contributed by atoms with E-state index in [-0.39, 0.29) is 25.0 Å². The first kappa shape index (κ1) is 19.4. The van der Waals surface area contributed by atoms with Crippen LogP contribution in [0.5, 0.6) is 0 Å². The number of hydrogen-bond donors (Lipinski definition) is 0. The van der Waals surface area contributed by atoms with Crippen LogP contribution in [0.4, 0.5) is 5.69 Å². The van der Waals surface area contributed by atoms with Gasteiger partial charge in [0.15, 0.2) is 0 Å². The van der Waals surface area contributed by atoms with Crippen LogP contribution in [0.2, 0.25) is 0 Å². The molecule has 1 aromatic carbocycles. The maximum absolute atomic E-state index is 12.5. The van der Waals surface area contributed by atoms with Gasteiger partial charge in [-0.15, -0.1) is 0 Å². The van der Waals surface area contributed by atoms with Gasteiger partial charge in [-0.3, -0.25) is 14.4 Å². The van der Waals surface area contributed by atoms with Crippen molar-refractivity contribution < 1.29 is 23.9 Å². The molecule has 8 nitrogen and oxygen atoms in total. The summed E-state index contributed by atoms with van der Waals surface area (Å²) in [7, 11) is 0. The highest BCUT2D eigenvalue weighted by Crippen LogP contribution is 2.17. The summed E-state index contributed by atoms with van der Waals surface area (Å²) in [4.78, 5) is 51.5. The molecular formula is C18H23N3O5. The molecule has 3 amide bonds. The smallest absolute Gasteiger partial charge is 0.338 e. The van der Waals surface area contributed by atoms with Gasteiger partial charge >= 0.3 is 5.97 Å². The average Bonchev–Trinajstić information content (AvgIpc) is 2.66. The number of nitrogens with zero attached hydrogens (tertiary/aromatic N) is 3. The largest absolute Gasteiger partial charge is 0.462 e. The van der Waals surface area contributed by atoms with Gasteiger partial charge in [0.25, 0.3) is 0 Å². The van der Waals surface area contributed by atoms with Gasteiger partial charge < -0.3 is 19.4 Å².